The smallest absolute Gasteiger partial charge is 0.289 e. The Bertz CT molecular complexity index is 2450. The monoisotopic (exact) mass is 536 g/mol. The van der Waals surface area contributed by atoms with Crippen molar-refractivity contribution in [2.45, 2.75) is 0 Å². The fraction of sp³-hybridized carbons (Fsp3) is 0. The summed E-state index contributed by atoms with van der Waals surface area (Å²) in [5.74, 6) is 0. The second-order valence-electron chi connectivity index (χ2n) is 10.3. The minimum atomic E-state index is -4.11. The average Bonchev–Trinajstić information content (AvgIpc) is 2.91. The quantitative estimate of drug-likeness (QED) is 0.106. The molecule has 0 fully saturated rings. The summed E-state index contributed by atoms with van der Waals surface area (Å²) >= 11 is 0. The summed E-state index contributed by atoms with van der Waals surface area (Å²) in [6, 6.07) is 40.7. The van der Waals surface area contributed by atoms with Gasteiger partial charge < -0.3 is 0 Å². The van der Waals surface area contributed by atoms with Crippen LogP contribution in [0.2, 0.25) is 0 Å². The molecule has 2 radical (unpaired) electrons. The minimum Gasteiger partial charge on any atom is -0.291 e. The van der Waals surface area contributed by atoms with Gasteiger partial charge in [-0.15, -0.1) is 0 Å². The molecule has 0 heterocycles. The van der Waals surface area contributed by atoms with Crippen molar-refractivity contribution in [3.63, 3.8) is 0 Å². The molecular weight excluding hydrogens is 517 g/mol. The van der Waals surface area contributed by atoms with Crippen molar-refractivity contribution in [2.24, 2.45) is 0 Å². The van der Waals surface area contributed by atoms with Gasteiger partial charge in [0.05, 0.1) is 0 Å². The molecule has 184 valence electrons. The number of hydrogen-bond donors (Lipinski definition) is 1. The number of fused-ring (bicyclic) bond motifs is 8. The molecule has 0 aliphatic heterocycles. The SMILES string of the molecule is O=S(=O)(O)[Si]c1cccc2cc3cc4ccc5cc6cc7cc8ccccc8cc7cc6cc5c4cc3cc12. The van der Waals surface area contributed by atoms with Crippen LogP contribution in [0, 0.1) is 0 Å². The molecule has 3 nitrogen and oxygen atoms in total. The Hall–Kier alpha value is -4.29. The van der Waals surface area contributed by atoms with Crippen molar-refractivity contribution in [2.75, 3.05) is 0 Å². The molecule has 0 bridgehead atoms. The maximum Gasteiger partial charge on any atom is 0.289 e. The Balaban J connectivity index is 1.39. The van der Waals surface area contributed by atoms with E-state index in [-0.39, 0.29) is 0 Å². The third kappa shape index (κ3) is 3.78. The zero-order valence-corrected chi connectivity index (χ0v) is 22.5. The molecule has 0 atom stereocenters. The van der Waals surface area contributed by atoms with Crippen molar-refractivity contribution >= 4 is 98.8 Å². The standard InChI is InChI=1S/C34H20O3SSi/c35-38(36,37)39-34-7-3-6-22-12-27-13-23-8-9-24-14-28-15-25-10-20-4-1-2-5-21(20)11-26(25)16-29(28)17-31(24)32(23)18-30(27)19-33(22)34/h1-19H,(H,35,36,37). The largest absolute Gasteiger partial charge is 0.291 e. The average molecular weight is 537 g/mol. The Labute approximate surface area is 226 Å². The van der Waals surface area contributed by atoms with Gasteiger partial charge >= 0.3 is 0 Å². The Morgan fingerprint density at radius 2 is 0.795 bits per heavy atom. The summed E-state index contributed by atoms with van der Waals surface area (Å²) in [6.45, 7) is 0. The molecule has 0 aromatic heterocycles. The third-order valence-electron chi connectivity index (χ3n) is 7.81. The van der Waals surface area contributed by atoms with Crippen LogP contribution in [0.4, 0.5) is 0 Å². The predicted molar refractivity (Wildman–Crippen MR) is 166 cm³/mol. The Morgan fingerprint density at radius 3 is 1.33 bits per heavy atom. The van der Waals surface area contributed by atoms with Crippen LogP contribution in [0.15, 0.2) is 115 Å². The third-order valence-corrected chi connectivity index (χ3v) is 10.2. The van der Waals surface area contributed by atoms with Crippen LogP contribution in [0.1, 0.15) is 0 Å². The maximum absolute atomic E-state index is 11.7. The van der Waals surface area contributed by atoms with Crippen LogP contribution in [-0.4, -0.2) is 21.6 Å². The van der Waals surface area contributed by atoms with Gasteiger partial charge in [0, 0.05) is 0 Å². The molecule has 39 heavy (non-hydrogen) atoms. The fourth-order valence-corrected chi connectivity index (χ4v) is 8.14. The number of hydrogen-bond acceptors (Lipinski definition) is 2. The first kappa shape index (κ1) is 22.7. The van der Waals surface area contributed by atoms with Crippen molar-refractivity contribution in [3.8, 4) is 0 Å². The zero-order valence-electron chi connectivity index (χ0n) is 20.6. The molecule has 5 heteroatoms. The lowest BCUT2D eigenvalue weighted by Crippen LogP contribution is -2.23. The molecule has 8 aromatic carbocycles. The summed E-state index contributed by atoms with van der Waals surface area (Å²) in [5.41, 5.74) is 0. The van der Waals surface area contributed by atoms with Gasteiger partial charge in [-0.2, -0.15) is 0 Å². The van der Waals surface area contributed by atoms with Crippen LogP contribution in [0.25, 0.3) is 75.4 Å². The summed E-state index contributed by atoms with van der Waals surface area (Å²) < 4.78 is 32.8. The van der Waals surface area contributed by atoms with E-state index in [1.165, 1.54) is 43.1 Å². The zero-order chi connectivity index (χ0) is 26.3. The highest BCUT2D eigenvalue weighted by atomic mass is 32.4. The molecule has 0 spiro atoms. The lowest BCUT2D eigenvalue weighted by atomic mass is 9.93. The fourth-order valence-electron chi connectivity index (χ4n) is 6.00. The van der Waals surface area contributed by atoms with E-state index in [9.17, 15) is 13.0 Å². The molecule has 0 saturated heterocycles. The molecule has 8 rings (SSSR count). The highest BCUT2D eigenvalue weighted by molar-refractivity contribution is 8.12. The summed E-state index contributed by atoms with van der Waals surface area (Å²) in [5, 5.41) is 16.6. The topological polar surface area (TPSA) is 54.4 Å². The first-order chi connectivity index (χ1) is 18.9. The summed E-state index contributed by atoms with van der Waals surface area (Å²) in [4.78, 5) is 0. The van der Waals surface area contributed by atoms with Crippen molar-refractivity contribution < 1.29 is 13.0 Å². The molecule has 8 aromatic rings. The van der Waals surface area contributed by atoms with Gasteiger partial charge in [0.2, 0.25) is 9.57 Å². The molecule has 0 aliphatic carbocycles. The van der Waals surface area contributed by atoms with E-state index in [4.69, 9.17) is 0 Å². The van der Waals surface area contributed by atoms with E-state index in [1.54, 1.807) is 6.07 Å². The summed E-state index contributed by atoms with van der Waals surface area (Å²) in [6.07, 6.45) is 0. The van der Waals surface area contributed by atoms with E-state index in [1.807, 2.05) is 12.1 Å². The second kappa shape index (κ2) is 8.10. The molecule has 0 aliphatic rings. The molecule has 1 N–H and O–H groups in total. The lowest BCUT2D eigenvalue weighted by molar-refractivity contribution is 0.501. The van der Waals surface area contributed by atoms with Crippen molar-refractivity contribution in [1.29, 1.82) is 0 Å². The number of benzene rings is 8. The van der Waals surface area contributed by atoms with E-state index >= 15 is 0 Å². The van der Waals surface area contributed by atoms with E-state index in [0.717, 1.165) is 32.3 Å². The van der Waals surface area contributed by atoms with Crippen molar-refractivity contribution in [3.05, 3.63) is 115 Å². The molecule has 0 saturated carbocycles. The van der Waals surface area contributed by atoms with Gasteiger partial charge in [0.15, 0.2) is 0 Å². The lowest BCUT2D eigenvalue weighted by Gasteiger charge is -2.11. The van der Waals surface area contributed by atoms with Crippen LogP contribution in [0.3, 0.4) is 0 Å². The highest BCUT2D eigenvalue weighted by Gasteiger charge is 2.14. The second-order valence-corrected chi connectivity index (χ2v) is 14.1. The van der Waals surface area contributed by atoms with Crippen LogP contribution < -0.4 is 5.19 Å². The van der Waals surface area contributed by atoms with Gasteiger partial charge in [-0.25, -0.2) is 8.42 Å². The maximum atomic E-state index is 11.7. The molecular formula is C34H20O3SSi. The first-order valence-electron chi connectivity index (χ1n) is 12.7. The van der Waals surface area contributed by atoms with Crippen LogP contribution in [0.5, 0.6) is 0 Å². The Kier molecular flexibility index (Phi) is 4.71. The van der Waals surface area contributed by atoms with E-state index in [0.29, 0.717) is 5.19 Å². The van der Waals surface area contributed by atoms with E-state index < -0.39 is 18.2 Å². The first-order valence-corrected chi connectivity index (χ1v) is 15.9. The van der Waals surface area contributed by atoms with E-state index in [2.05, 4.69) is 97.1 Å². The van der Waals surface area contributed by atoms with Gasteiger partial charge in [-0.3, -0.25) is 4.55 Å². The molecule has 0 unspecified atom stereocenters. The van der Waals surface area contributed by atoms with Gasteiger partial charge in [0.1, 0.15) is 0 Å². The molecule has 0 amide bonds. The summed E-state index contributed by atoms with van der Waals surface area (Å²) in [7, 11) is -4.80. The van der Waals surface area contributed by atoms with Crippen LogP contribution >= 0.6 is 0 Å². The van der Waals surface area contributed by atoms with Crippen LogP contribution in [-0.2, 0) is 9.57 Å². The van der Waals surface area contributed by atoms with Gasteiger partial charge in [-0.05, 0) is 141 Å². The predicted octanol–water partition coefficient (Wildman–Crippen LogP) is 7.89. The number of rotatable bonds is 2. The van der Waals surface area contributed by atoms with Crippen molar-refractivity contribution in [1.82, 2.24) is 0 Å². The Morgan fingerprint density at radius 1 is 0.410 bits per heavy atom. The highest BCUT2D eigenvalue weighted by Crippen LogP contribution is 2.35. The normalized spacial score (nSPS) is 12.5. The van der Waals surface area contributed by atoms with Gasteiger partial charge in [0.25, 0.3) is 8.67 Å². The minimum absolute atomic E-state index is 0.625. The van der Waals surface area contributed by atoms with Gasteiger partial charge in [-0.1, -0.05) is 54.6 Å².